The molecule has 1 aliphatic carbocycles. The molecule has 0 saturated heterocycles. The maximum absolute atomic E-state index is 5.97. The van der Waals surface area contributed by atoms with Gasteiger partial charge in [0.25, 0.3) is 0 Å². The molecule has 0 spiro atoms. The molecule has 0 radical (unpaired) electrons. The Morgan fingerprint density at radius 3 is 2.74 bits per heavy atom. The fourth-order valence-corrected chi connectivity index (χ4v) is 3.09. The van der Waals surface area contributed by atoms with Crippen LogP contribution in [0, 0.1) is 6.92 Å². The van der Waals surface area contributed by atoms with Crippen molar-refractivity contribution in [2.45, 2.75) is 45.2 Å². The predicted molar refractivity (Wildman–Crippen MR) is 82.8 cm³/mol. The zero-order chi connectivity index (χ0) is 13.7. The van der Waals surface area contributed by atoms with Crippen LogP contribution in [0.4, 0.5) is 0 Å². The standard InChI is InChI=1S/C16H25ClN2/c1-13-11-15(17)8-7-14(13)12-18-9-10-19(2)16-5-3-4-6-16/h7-8,11,16,18H,3-6,9-10,12H2,1-2H3. The van der Waals surface area contributed by atoms with E-state index < -0.39 is 0 Å². The van der Waals surface area contributed by atoms with E-state index in [0.717, 1.165) is 30.7 Å². The Morgan fingerprint density at radius 1 is 1.32 bits per heavy atom. The summed E-state index contributed by atoms with van der Waals surface area (Å²) in [5, 5.41) is 4.35. The van der Waals surface area contributed by atoms with Gasteiger partial charge in [0, 0.05) is 30.7 Å². The second-order valence-corrected chi connectivity index (χ2v) is 6.10. The smallest absolute Gasteiger partial charge is 0.0408 e. The molecule has 2 rings (SSSR count). The maximum Gasteiger partial charge on any atom is 0.0408 e. The van der Waals surface area contributed by atoms with Crippen LogP contribution < -0.4 is 5.32 Å². The summed E-state index contributed by atoms with van der Waals surface area (Å²) in [5.41, 5.74) is 2.61. The van der Waals surface area contributed by atoms with Gasteiger partial charge in [0.2, 0.25) is 0 Å². The van der Waals surface area contributed by atoms with Crippen molar-refractivity contribution in [3.8, 4) is 0 Å². The summed E-state index contributed by atoms with van der Waals surface area (Å²) >= 11 is 5.97. The first-order chi connectivity index (χ1) is 9.16. The average Bonchev–Trinajstić information content (AvgIpc) is 2.90. The SMILES string of the molecule is Cc1cc(Cl)ccc1CNCCN(C)C1CCCC1. The Hall–Kier alpha value is -0.570. The van der Waals surface area contributed by atoms with Crippen LogP contribution in [0.15, 0.2) is 18.2 Å². The third-order valence-electron chi connectivity index (χ3n) is 4.21. The van der Waals surface area contributed by atoms with Gasteiger partial charge in [-0.3, -0.25) is 0 Å². The van der Waals surface area contributed by atoms with Gasteiger partial charge in [0.1, 0.15) is 0 Å². The van der Waals surface area contributed by atoms with Gasteiger partial charge >= 0.3 is 0 Å². The number of benzene rings is 1. The fourth-order valence-electron chi connectivity index (χ4n) is 2.86. The summed E-state index contributed by atoms with van der Waals surface area (Å²) in [7, 11) is 2.26. The molecule has 0 aromatic heterocycles. The highest BCUT2D eigenvalue weighted by Crippen LogP contribution is 2.21. The number of halogens is 1. The van der Waals surface area contributed by atoms with Crippen molar-refractivity contribution in [2.24, 2.45) is 0 Å². The van der Waals surface area contributed by atoms with Crippen LogP contribution in [0.2, 0.25) is 5.02 Å². The third kappa shape index (κ3) is 4.48. The first-order valence-electron chi connectivity index (χ1n) is 7.33. The largest absolute Gasteiger partial charge is 0.311 e. The lowest BCUT2D eigenvalue weighted by Gasteiger charge is -2.24. The topological polar surface area (TPSA) is 15.3 Å². The van der Waals surface area contributed by atoms with E-state index in [2.05, 4.69) is 30.3 Å². The van der Waals surface area contributed by atoms with E-state index in [1.165, 1.54) is 36.8 Å². The van der Waals surface area contributed by atoms with Crippen molar-refractivity contribution >= 4 is 11.6 Å². The van der Waals surface area contributed by atoms with Gasteiger partial charge in [0.15, 0.2) is 0 Å². The zero-order valence-electron chi connectivity index (χ0n) is 12.1. The van der Waals surface area contributed by atoms with E-state index in [1.807, 2.05) is 12.1 Å². The molecule has 1 aromatic carbocycles. The number of aryl methyl sites for hydroxylation is 1. The number of rotatable bonds is 6. The minimum absolute atomic E-state index is 0.819. The molecule has 0 amide bonds. The van der Waals surface area contributed by atoms with Crippen LogP contribution in [-0.4, -0.2) is 31.1 Å². The third-order valence-corrected chi connectivity index (χ3v) is 4.44. The molecule has 2 nitrogen and oxygen atoms in total. The van der Waals surface area contributed by atoms with E-state index in [0.29, 0.717) is 0 Å². The maximum atomic E-state index is 5.97. The molecule has 1 N–H and O–H groups in total. The number of nitrogens with zero attached hydrogens (tertiary/aromatic N) is 1. The molecule has 1 saturated carbocycles. The predicted octanol–water partition coefficient (Wildman–Crippen LogP) is 3.61. The summed E-state index contributed by atoms with van der Waals surface area (Å²) in [6, 6.07) is 6.93. The molecule has 1 aliphatic rings. The molecule has 0 bridgehead atoms. The van der Waals surface area contributed by atoms with Crippen LogP contribution in [0.3, 0.4) is 0 Å². The van der Waals surface area contributed by atoms with Crippen LogP contribution in [0.25, 0.3) is 0 Å². The highest BCUT2D eigenvalue weighted by atomic mass is 35.5. The lowest BCUT2D eigenvalue weighted by molar-refractivity contribution is 0.245. The molecule has 0 atom stereocenters. The number of nitrogens with one attached hydrogen (secondary N) is 1. The molecular weight excluding hydrogens is 256 g/mol. The van der Waals surface area contributed by atoms with Gasteiger partial charge in [-0.25, -0.2) is 0 Å². The van der Waals surface area contributed by atoms with Gasteiger partial charge in [-0.05, 0) is 50.1 Å². The van der Waals surface area contributed by atoms with Crippen LogP contribution in [0.1, 0.15) is 36.8 Å². The highest BCUT2D eigenvalue weighted by molar-refractivity contribution is 6.30. The van der Waals surface area contributed by atoms with Crippen molar-refractivity contribution in [1.82, 2.24) is 10.2 Å². The van der Waals surface area contributed by atoms with E-state index in [1.54, 1.807) is 0 Å². The Kier molecular flexibility index (Phi) is 5.68. The van der Waals surface area contributed by atoms with Crippen LogP contribution in [0.5, 0.6) is 0 Å². The second kappa shape index (κ2) is 7.28. The Morgan fingerprint density at radius 2 is 2.05 bits per heavy atom. The quantitative estimate of drug-likeness (QED) is 0.801. The van der Waals surface area contributed by atoms with Gasteiger partial charge in [-0.1, -0.05) is 30.5 Å². The minimum atomic E-state index is 0.819. The number of likely N-dealkylation sites (N-methyl/N-ethyl adjacent to an activating group) is 1. The summed E-state index contributed by atoms with van der Waals surface area (Å²) in [4.78, 5) is 2.51. The monoisotopic (exact) mass is 280 g/mol. The molecule has 1 fully saturated rings. The van der Waals surface area contributed by atoms with Gasteiger partial charge in [-0.2, -0.15) is 0 Å². The van der Waals surface area contributed by atoms with Crippen molar-refractivity contribution in [3.63, 3.8) is 0 Å². The molecule has 1 aromatic rings. The summed E-state index contributed by atoms with van der Waals surface area (Å²) in [5.74, 6) is 0. The van der Waals surface area contributed by atoms with E-state index >= 15 is 0 Å². The normalized spacial score (nSPS) is 16.4. The fraction of sp³-hybridized carbons (Fsp3) is 0.625. The second-order valence-electron chi connectivity index (χ2n) is 5.67. The van der Waals surface area contributed by atoms with E-state index in [4.69, 9.17) is 11.6 Å². The molecule has 0 unspecified atom stereocenters. The molecule has 106 valence electrons. The number of hydrogen-bond donors (Lipinski definition) is 1. The Labute approximate surface area is 122 Å². The molecule has 3 heteroatoms. The van der Waals surface area contributed by atoms with Gasteiger partial charge in [0.05, 0.1) is 0 Å². The van der Waals surface area contributed by atoms with Gasteiger partial charge in [-0.15, -0.1) is 0 Å². The van der Waals surface area contributed by atoms with E-state index in [-0.39, 0.29) is 0 Å². The first-order valence-corrected chi connectivity index (χ1v) is 7.70. The molecule has 0 heterocycles. The van der Waals surface area contributed by atoms with Crippen molar-refractivity contribution in [3.05, 3.63) is 34.3 Å². The summed E-state index contributed by atoms with van der Waals surface area (Å²) in [6.45, 7) is 5.24. The average molecular weight is 281 g/mol. The Balaban J connectivity index is 1.68. The van der Waals surface area contributed by atoms with Crippen LogP contribution >= 0.6 is 11.6 Å². The highest BCUT2D eigenvalue weighted by Gasteiger charge is 2.18. The summed E-state index contributed by atoms with van der Waals surface area (Å²) in [6.07, 6.45) is 5.58. The molecular formula is C16H25ClN2. The van der Waals surface area contributed by atoms with E-state index in [9.17, 15) is 0 Å². The van der Waals surface area contributed by atoms with Gasteiger partial charge < -0.3 is 10.2 Å². The van der Waals surface area contributed by atoms with Crippen molar-refractivity contribution in [2.75, 3.05) is 20.1 Å². The van der Waals surface area contributed by atoms with Crippen LogP contribution in [-0.2, 0) is 6.54 Å². The lowest BCUT2D eigenvalue weighted by atomic mass is 10.1. The number of hydrogen-bond acceptors (Lipinski definition) is 2. The molecule has 0 aliphatic heterocycles. The minimum Gasteiger partial charge on any atom is -0.311 e. The van der Waals surface area contributed by atoms with Crippen molar-refractivity contribution in [1.29, 1.82) is 0 Å². The zero-order valence-corrected chi connectivity index (χ0v) is 12.8. The molecule has 19 heavy (non-hydrogen) atoms. The summed E-state index contributed by atoms with van der Waals surface area (Å²) < 4.78 is 0. The first kappa shape index (κ1) is 14.8. The Bertz CT molecular complexity index is 400. The lowest BCUT2D eigenvalue weighted by Crippen LogP contribution is -2.35. The van der Waals surface area contributed by atoms with Crippen molar-refractivity contribution < 1.29 is 0 Å².